The van der Waals surface area contributed by atoms with Crippen LogP contribution in [0, 0.1) is 11.7 Å². The Morgan fingerprint density at radius 1 is 1.00 bits per heavy atom. The van der Waals surface area contributed by atoms with Gasteiger partial charge in [0.05, 0.1) is 17.1 Å². The Bertz CT molecular complexity index is 1960. The Kier molecular flexibility index (Phi) is 7.87. The van der Waals surface area contributed by atoms with Crippen LogP contribution in [-0.4, -0.2) is 37.1 Å². The summed E-state index contributed by atoms with van der Waals surface area (Å²) in [6.45, 7) is 1.04. The lowest BCUT2D eigenvalue weighted by atomic mass is 10.1. The summed E-state index contributed by atoms with van der Waals surface area (Å²) in [5.74, 6) is -5.42. The summed E-state index contributed by atoms with van der Waals surface area (Å²) in [7, 11) is 0. The molecule has 0 saturated heterocycles. The van der Waals surface area contributed by atoms with E-state index in [1.807, 2.05) is 0 Å². The number of nitrogens with zero attached hydrogens (tertiary/aromatic N) is 4. The van der Waals surface area contributed by atoms with Crippen molar-refractivity contribution in [1.82, 2.24) is 24.4 Å². The van der Waals surface area contributed by atoms with Crippen LogP contribution >= 0.6 is 11.6 Å². The minimum atomic E-state index is -5.10. The van der Waals surface area contributed by atoms with E-state index in [0.29, 0.717) is 5.56 Å². The van der Waals surface area contributed by atoms with Crippen molar-refractivity contribution in [1.29, 1.82) is 0 Å². The highest BCUT2D eigenvalue weighted by Crippen LogP contribution is 2.62. The molecule has 2 aromatic carbocycles. The molecule has 1 fully saturated rings. The molecule has 1 aliphatic carbocycles. The summed E-state index contributed by atoms with van der Waals surface area (Å²) in [4.78, 5) is 57.8. The number of hydrogen-bond donors (Lipinski definition) is 4. The van der Waals surface area contributed by atoms with Crippen LogP contribution in [-0.2, 0) is 21.7 Å². The van der Waals surface area contributed by atoms with Gasteiger partial charge in [0.2, 0.25) is 5.91 Å². The molecular weight excluding hydrogens is 624 g/mol. The molecule has 5 rings (SSSR count). The summed E-state index contributed by atoms with van der Waals surface area (Å²) in [6.07, 6.45) is -2.49. The van der Waals surface area contributed by atoms with Gasteiger partial charge in [-0.1, -0.05) is 17.7 Å². The molecule has 0 aliphatic heterocycles. The third-order valence-corrected chi connectivity index (χ3v) is 7.90. The van der Waals surface area contributed by atoms with Gasteiger partial charge in [-0.2, -0.15) is 23.1 Å². The highest BCUT2D eigenvalue weighted by molar-refractivity contribution is 6.31. The Labute approximate surface area is 255 Å². The molecule has 17 heteroatoms. The molecule has 2 heterocycles. The Morgan fingerprint density at radius 2 is 1.67 bits per heavy atom. The van der Waals surface area contributed by atoms with Crippen molar-refractivity contribution < 1.29 is 27.2 Å². The Hall–Kier alpha value is -5.25. The number of alkyl halides is 3. The second kappa shape index (κ2) is 11.4. The van der Waals surface area contributed by atoms with Gasteiger partial charge in [0.15, 0.2) is 0 Å². The lowest BCUT2D eigenvalue weighted by Crippen LogP contribution is -2.36. The molecule has 234 valence electrons. The van der Waals surface area contributed by atoms with E-state index in [-0.39, 0.29) is 33.6 Å². The van der Waals surface area contributed by atoms with E-state index in [1.165, 1.54) is 59.4 Å². The van der Waals surface area contributed by atoms with Crippen LogP contribution in [0.4, 0.5) is 34.9 Å². The highest BCUT2D eigenvalue weighted by Gasteiger charge is 2.67. The second-order valence-electron chi connectivity index (χ2n) is 10.4. The molecule has 4 aromatic rings. The third-order valence-electron chi connectivity index (χ3n) is 7.53. The van der Waals surface area contributed by atoms with Crippen LogP contribution in [0.15, 0.2) is 70.5 Å². The van der Waals surface area contributed by atoms with Crippen molar-refractivity contribution in [2.45, 2.75) is 31.1 Å². The van der Waals surface area contributed by atoms with E-state index >= 15 is 0 Å². The number of nitrogen functional groups attached to an aromatic ring is 2. The molecule has 6 N–H and O–H groups in total. The second-order valence-corrected chi connectivity index (χ2v) is 10.8. The number of hydrogen-bond acceptors (Lipinski definition) is 8. The maximum Gasteiger partial charge on any atom is 0.471 e. The number of benzene rings is 2. The fourth-order valence-corrected chi connectivity index (χ4v) is 5.50. The Balaban J connectivity index is 1.50. The van der Waals surface area contributed by atoms with Crippen molar-refractivity contribution >= 4 is 40.7 Å². The summed E-state index contributed by atoms with van der Waals surface area (Å²) < 4.78 is 55.0. The van der Waals surface area contributed by atoms with Crippen LogP contribution in [0.1, 0.15) is 24.0 Å². The summed E-state index contributed by atoms with van der Waals surface area (Å²) in [5, 5.41) is 4.43. The van der Waals surface area contributed by atoms with Crippen LogP contribution < -0.4 is 33.5 Å². The van der Waals surface area contributed by atoms with Crippen molar-refractivity contribution in [3.63, 3.8) is 0 Å². The fraction of sp³-hybridized carbons (Fsp3) is 0.214. The zero-order chi connectivity index (χ0) is 32.8. The van der Waals surface area contributed by atoms with Gasteiger partial charge < -0.3 is 22.1 Å². The zero-order valence-corrected chi connectivity index (χ0v) is 23.9. The molecule has 45 heavy (non-hydrogen) atoms. The van der Waals surface area contributed by atoms with E-state index in [2.05, 4.69) is 15.3 Å². The van der Waals surface area contributed by atoms with Crippen molar-refractivity contribution in [2.75, 3.05) is 16.8 Å². The molecule has 3 unspecified atom stereocenters. The highest BCUT2D eigenvalue weighted by atomic mass is 35.5. The number of carbonyl (C=O) groups is 2. The predicted octanol–water partition coefficient (Wildman–Crippen LogP) is 2.69. The standard InChI is InChI=1S/C28H23ClF4N8O4/c1-27(41-9-7-20(35)39-26(41)45)21(13-2-5-17(30)18(11-13)40-8-6-19(34)38-25(40)44)22(27)23(42)37-15-3-4-16(29)14(10-15)12-36-24(43)28(31,32)33/h2-11,21-22H,12H2,1H3,(H,36,43)(H,37,42)(H2,34,38,44)(H2,35,39,45). The number of rotatable bonds is 7. The van der Waals surface area contributed by atoms with Gasteiger partial charge in [-0.05, 0) is 60.5 Å². The van der Waals surface area contributed by atoms with Gasteiger partial charge in [-0.3, -0.25) is 18.7 Å². The maximum atomic E-state index is 15.0. The monoisotopic (exact) mass is 646 g/mol. The molecule has 0 radical (unpaired) electrons. The number of anilines is 3. The third kappa shape index (κ3) is 5.95. The van der Waals surface area contributed by atoms with Gasteiger partial charge >= 0.3 is 23.5 Å². The Morgan fingerprint density at radius 3 is 2.31 bits per heavy atom. The minimum Gasteiger partial charge on any atom is -0.383 e. The van der Waals surface area contributed by atoms with Crippen molar-refractivity contribution in [2.24, 2.45) is 5.92 Å². The van der Waals surface area contributed by atoms with Gasteiger partial charge in [-0.15, -0.1) is 0 Å². The van der Waals surface area contributed by atoms with Crippen molar-refractivity contribution in [3.05, 3.63) is 104 Å². The summed E-state index contributed by atoms with van der Waals surface area (Å²) >= 11 is 6.10. The summed E-state index contributed by atoms with van der Waals surface area (Å²) in [6, 6.07) is 10.6. The van der Waals surface area contributed by atoms with Crippen LogP contribution in [0.5, 0.6) is 0 Å². The molecule has 1 aliphatic rings. The van der Waals surface area contributed by atoms with Gasteiger partial charge in [0.25, 0.3) is 0 Å². The number of halogens is 5. The molecule has 2 aromatic heterocycles. The maximum absolute atomic E-state index is 15.0. The first-order chi connectivity index (χ1) is 21.1. The first-order valence-electron chi connectivity index (χ1n) is 13.1. The number of carbonyl (C=O) groups excluding carboxylic acids is 2. The van der Waals surface area contributed by atoms with Gasteiger partial charge in [0, 0.05) is 35.6 Å². The van der Waals surface area contributed by atoms with E-state index < -0.39 is 59.1 Å². The smallest absolute Gasteiger partial charge is 0.383 e. The molecule has 0 bridgehead atoms. The largest absolute Gasteiger partial charge is 0.471 e. The van der Waals surface area contributed by atoms with Gasteiger partial charge in [0.1, 0.15) is 17.5 Å². The molecule has 1 saturated carbocycles. The quantitative estimate of drug-likeness (QED) is 0.221. The zero-order valence-electron chi connectivity index (χ0n) is 23.1. The number of aromatic nitrogens is 4. The molecular formula is C28H23ClF4N8O4. The first kappa shape index (κ1) is 31.2. The van der Waals surface area contributed by atoms with Crippen molar-refractivity contribution in [3.8, 4) is 5.69 Å². The first-order valence-corrected chi connectivity index (χ1v) is 13.4. The lowest BCUT2D eigenvalue weighted by molar-refractivity contribution is -0.173. The molecule has 0 spiro atoms. The molecule has 12 nitrogen and oxygen atoms in total. The van der Waals surface area contributed by atoms with E-state index in [9.17, 15) is 36.7 Å². The minimum absolute atomic E-state index is 0.0374. The predicted molar refractivity (Wildman–Crippen MR) is 155 cm³/mol. The number of nitrogens with two attached hydrogens (primary N) is 2. The van der Waals surface area contributed by atoms with E-state index in [4.69, 9.17) is 23.1 Å². The van der Waals surface area contributed by atoms with Crippen LogP contribution in [0.2, 0.25) is 5.02 Å². The van der Waals surface area contributed by atoms with Crippen LogP contribution in [0.3, 0.4) is 0 Å². The van der Waals surface area contributed by atoms with Crippen LogP contribution in [0.25, 0.3) is 5.69 Å². The normalized spacial score (nSPS) is 19.2. The molecule has 2 amide bonds. The van der Waals surface area contributed by atoms with E-state index in [1.54, 1.807) is 12.2 Å². The molecule has 3 atom stereocenters. The van der Waals surface area contributed by atoms with Gasteiger partial charge in [-0.25, -0.2) is 14.0 Å². The average Bonchev–Trinajstić information content (AvgIpc) is 3.59. The topological polar surface area (TPSA) is 180 Å². The SMILES string of the molecule is CC1(n2ccc(N)nc2=O)C(C(=O)Nc2ccc(Cl)c(CNC(=O)C(F)(F)F)c2)C1c1ccc(F)c(-n2ccc(N)nc2=O)c1. The fourth-order valence-electron chi connectivity index (χ4n) is 5.32. The van der Waals surface area contributed by atoms with E-state index in [0.717, 1.165) is 10.6 Å². The number of nitrogens with one attached hydrogen (secondary N) is 2. The summed E-state index contributed by atoms with van der Waals surface area (Å²) in [5.41, 5.74) is 8.78. The lowest BCUT2D eigenvalue weighted by Gasteiger charge is -2.17. The average molecular weight is 647 g/mol. The number of amides is 2.